The number of H-pyrrole nitrogens is 1. The molecule has 1 aromatic rings. The fraction of sp³-hybridized carbons (Fsp3) is 0.571. The Morgan fingerprint density at radius 1 is 1.14 bits per heavy atom. The summed E-state index contributed by atoms with van der Waals surface area (Å²) in [5, 5.41) is 0. The SMILES string of the molecule is CCN(CC)S(=O)(=O)c1ccc(N(C)CC(=O)N(C)C)[nH+]c1. The van der Waals surface area contributed by atoms with Crippen molar-refractivity contribution in [1.82, 2.24) is 9.21 Å². The minimum Gasteiger partial charge on any atom is -0.345 e. The molecule has 0 saturated carbocycles. The number of pyridine rings is 1. The van der Waals surface area contributed by atoms with Crippen LogP contribution in [0.2, 0.25) is 0 Å². The Labute approximate surface area is 132 Å². The van der Waals surface area contributed by atoms with Crippen LogP contribution in [0, 0.1) is 0 Å². The van der Waals surface area contributed by atoms with Crippen LogP contribution < -0.4 is 9.88 Å². The van der Waals surface area contributed by atoms with E-state index in [1.165, 1.54) is 15.4 Å². The quantitative estimate of drug-likeness (QED) is 0.709. The zero-order chi connectivity index (χ0) is 16.9. The van der Waals surface area contributed by atoms with E-state index in [2.05, 4.69) is 4.98 Å². The van der Waals surface area contributed by atoms with Crippen LogP contribution in [-0.4, -0.2) is 64.3 Å². The van der Waals surface area contributed by atoms with Gasteiger partial charge in [-0.15, -0.1) is 0 Å². The molecule has 7 nitrogen and oxygen atoms in total. The van der Waals surface area contributed by atoms with E-state index in [-0.39, 0.29) is 17.3 Å². The third-order valence-electron chi connectivity index (χ3n) is 3.39. The molecule has 124 valence electrons. The minimum atomic E-state index is -3.47. The van der Waals surface area contributed by atoms with Crippen LogP contribution >= 0.6 is 0 Å². The molecule has 0 aliphatic rings. The van der Waals surface area contributed by atoms with Gasteiger partial charge in [0.1, 0.15) is 11.1 Å². The first-order valence-electron chi connectivity index (χ1n) is 7.17. The third-order valence-corrected chi connectivity index (χ3v) is 5.44. The highest BCUT2D eigenvalue weighted by Crippen LogP contribution is 2.15. The predicted octanol–water partition coefficient (Wildman–Crippen LogP) is 0.0556. The topological polar surface area (TPSA) is 75.1 Å². The van der Waals surface area contributed by atoms with Gasteiger partial charge in [0.15, 0.2) is 6.54 Å². The second kappa shape index (κ2) is 7.55. The summed E-state index contributed by atoms with van der Waals surface area (Å²) in [5.74, 6) is 0.643. The number of sulfonamides is 1. The molecule has 0 bridgehead atoms. The lowest BCUT2D eigenvalue weighted by Crippen LogP contribution is -2.37. The van der Waals surface area contributed by atoms with Crippen LogP contribution in [0.15, 0.2) is 23.2 Å². The van der Waals surface area contributed by atoms with Gasteiger partial charge < -0.3 is 4.90 Å². The lowest BCUT2D eigenvalue weighted by atomic mass is 10.4. The Bertz CT molecular complexity index is 595. The lowest BCUT2D eigenvalue weighted by molar-refractivity contribution is -0.366. The molecule has 0 aliphatic heterocycles. The summed E-state index contributed by atoms with van der Waals surface area (Å²) in [6.45, 7) is 4.68. The van der Waals surface area contributed by atoms with Crippen molar-refractivity contribution in [2.45, 2.75) is 18.7 Å². The Kier molecular flexibility index (Phi) is 6.31. The van der Waals surface area contributed by atoms with E-state index in [1.54, 1.807) is 52.0 Å². The standard InChI is InChI=1S/C14H24N4O3S/c1-6-18(7-2)22(20,21)12-8-9-13(15-10-12)17(5)11-14(19)16(3)4/h8-10H,6-7,11H2,1-5H3/p+1. The van der Waals surface area contributed by atoms with Gasteiger partial charge in [0.2, 0.25) is 10.0 Å². The number of nitrogens with zero attached hydrogens (tertiary/aromatic N) is 3. The van der Waals surface area contributed by atoms with E-state index in [0.717, 1.165) is 0 Å². The summed E-state index contributed by atoms with van der Waals surface area (Å²) in [5.41, 5.74) is 0. The van der Waals surface area contributed by atoms with E-state index < -0.39 is 10.0 Å². The van der Waals surface area contributed by atoms with Crippen molar-refractivity contribution in [2.75, 3.05) is 45.7 Å². The number of amides is 1. The van der Waals surface area contributed by atoms with E-state index >= 15 is 0 Å². The Hall–Kier alpha value is -1.67. The number of carbonyl (C=O) groups is 1. The first-order valence-corrected chi connectivity index (χ1v) is 8.61. The molecule has 0 radical (unpaired) electrons. The number of nitrogens with one attached hydrogen (secondary N) is 1. The smallest absolute Gasteiger partial charge is 0.274 e. The predicted molar refractivity (Wildman–Crippen MR) is 85.1 cm³/mol. The largest absolute Gasteiger partial charge is 0.345 e. The fourth-order valence-corrected chi connectivity index (χ4v) is 3.37. The van der Waals surface area contributed by atoms with Gasteiger partial charge in [-0.05, 0) is 6.07 Å². The molecular weight excluding hydrogens is 304 g/mol. The van der Waals surface area contributed by atoms with Crippen molar-refractivity contribution in [2.24, 2.45) is 0 Å². The second-order valence-electron chi connectivity index (χ2n) is 5.14. The molecule has 0 aliphatic carbocycles. The Morgan fingerprint density at radius 2 is 1.73 bits per heavy atom. The van der Waals surface area contributed by atoms with Crippen molar-refractivity contribution in [1.29, 1.82) is 0 Å². The monoisotopic (exact) mass is 329 g/mol. The zero-order valence-electron chi connectivity index (χ0n) is 13.8. The van der Waals surface area contributed by atoms with Gasteiger partial charge >= 0.3 is 0 Å². The van der Waals surface area contributed by atoms with Crippen molar-refractivity contribution in [3.63, 3.8) is 0 Å². The molecule has 22 heavy (non-hydrogen) atoms. The molecule has 1 N–H and O–H groups in total. The molecule has 1 heterocycles. The van der Waals surface area contributed by atoms with Gasteiger partial charge in [-0.2, -0.15) is 4.31 Å². The molecule has 0 saturated heterocycles. The van der Waals surface area contributed by atoms with Crippen molar-refractivity contribution in [3.8, 4) is 0 Å². The maximum Gasteiger partial charge on any atom is 0.274 e. The highest BCUT2D eigenvalue weighted by atomic mass is 32.2. The van der Waals surface area contributed by atoms with Crippen LogP contribution in [0.5, 0.6) is 0 Å². The van der Waals surface area contributed by atoms with Gasteiger partial charge in [0, 0.05) is 33.3 Å². The summed E-state index contributed by atoms with van der Waals surface area (Å²) in [6.07, 6.45) is 1.46. The number of likely N-dealkylation sites (N-methyl/N-ethyl adjacent to an activating group) is 2. The average molecular weight is 329 g/mol. The van der Waals surface area contributed by atoms with Gasteiger partial charge in [-0.1, -0.05) is 13.8 Å². The van der Waals surface area contributed by atoms with Crippen LogP contribution in [0.4, 0.5) is 5.82 Å². The molecule has 8 heteroatoms. The van der Waals surface area contributed by atoms with E-state index in [1.807, 2.05) is 0 Å². The number of hydrogen-bond donors (Lipinski definition) is 0. The van der Waals surface area contributed by atoms with E-state index in [9.17, 15) is 13.2 Å². The van der Waals surface area contributed by atoms with Crippen LogP contribution in [0.25, 0.3) is 0 Å². The minimum absolute atomic E-state index is 0.0317. The summed E-state index contributed by atoms with van der Waals surface area (Å²) in [4.78, 5) is 18.1. The molecule has 0 spiro atoms. The van der Waals surface area contributed by atoms with E-state index in [0.29, 0.717) is 18.9 Å². The lowest BCUT2D eigenvalue weighted by Gasteiger charge is -2.18. The fourth-order valence-electron chi connectivity index (χ4n) is 1.94. The molecule has 1 amide bonds. The van der Waals surface area contributed by atoms with Crippen LogP contribution in [0.1, 0.15) is 13.8 Å². The Balaban J connectivity index is 2.93. The van der Waals surface area contributed by atoms with E-state index in [4.69, 9.17) is 0 Å². The number of aromatic amines is 1. The maximum atomic E-state index is 12.4. The van der Waals surface area contributed by atoms with Gasteiger partial charge in [0.25, 0.3) is 11.7 Å². The van der Waals surface area contributed by atoms with Crippen molar-refractivity contribution < 1.29 is 18.2 Å². The maximum absolute atomic E-state index is 12.4. The summed E-state index contributed by atoms with van der Waals surface area (Å²) in [7, 11) is 1.69. The highest BCUT2D eigenvalue weighted by molar-refractivity contribution is 7.89. The first kappa shape index (κ1) is 18.4. The molecule has 1 aromatic heterocycles. The Morgan fingerprint density at radius 3 is 2.14 bits per heavy atom. The number of hydrogen-bond acceptors (Lipinski definition) is 4. The summed E-state index contributed by atoms with van der Waals surface area (Å²) < 4.78 is 26.1. The molecule has 0 aromatic carbocycles. The zero-order valence-corrected chi connectivity index (χ0v) is 14.6. The number of rotatable bonds is 7. The second-order valence-corrected chi connectivity index (χ2v) is 7.08. The van der Waals surface area contributed by atoms with Gasteiger partial charge in [-0.3, -0.25) is 9.69 Å². The molecule has 0 atom stereocenters. The first-order chi connectivity index (χ1) is 10.2. The van der Waals surface area contributed by atoms with Crippen molar-refractivity contribution in [3.05, 3.63) is 18.3 Å². The summed E-state index contributed by atoms with van der Waals surface area (Å²) in [6, 6.07) is 3.22. The highest BCUT2D eigenvalue weighted by Gasteiger charge is 2.24. The number of aromatic nitrogens is 1. The molecular formula is C14H25N4O3S+. The number of anilines is 1. The average Bonchev–Trinajstić information content (AvgIpc) is 2.48. The van der Waals surface area contributed by atoms with Crippen LogP contribution in [0.3, 0.4) is 0 Å². The van der Waals surface area contributed by atoms with Gasteiger partial charge in [0.05, 0.1) is 7.05 Å². The van der Waals surface area contributed by atoms with Crippen LogP contribution in [-0.2, 0) is 14.8 Å². The van der Waals surface area contributed by atoms with Crippen molar-refractivity contribution >= 4 is 21.7 Å². The molecule has 1 rings (SSSR count). The normalized spacial score (nSPS) is 11.5. The molecule has 0 unspecified atom stereocenters. The van der Waals surface area contributed by atoms with Gasteiger partial charge in [-0.25, -0.2) is 13.4 Å². The third kappa shape index (κ3) is 4.17. The number of carbonyl (C=O) groups excluding carboxylic acids is 1. The molecule has 0 fully saturated rings. The summed E-state index contributed by atoms with van der Waals surface area (Å²) >= 11 is 0.